The lowest BCUT2D eigenvalue weighted by atomic mass is 10.0. The van der Waals surface area contributed by atoms with E-state index in [1.807, 2.05) is 4.72 Å². The number of ketones is 1. The molecule has 0 bridgehead atoms. The number of hydrogen-bond acceptors (Lipinski definition) is 5. The van der Waals surface area contributed by atoms with E-state index in [1.54, 1.807) is 6.07 Å². The molecule has 0 aliphatic carbocycles. The smallest absolute Gasteiger partial charge is 0.261 e. The minimum atomic E-state index is -4.13. The number of amides is 1. The van der Waals surface area contributed by atoms with E-state index in [4.69, 9.17) is 0 Å². The van der Waals surface area contributed by atoms with Gasteiger partial charge < -0.3 is 5.32 Å². The summed E-state index contributed by atoms with van der Waals surface area (Å²) in [6, 6.07) is 11.9. The molecule has 0 saturated heterocycles. The first kappa shape index (κ1) is 22.0. The van der Waals surface area contributed by atoms with Crippen molar-refractivity contribution in [1.29, 1.82) is 0 Å². The van der Waals surface area contributed by atoms with Gasteiger partial charge >= 0.3 is 0 Å². The van der Waals surface area contributed by atoms with Gasteiger partial charge in [0.15, 0.2) is 11.6 Å². The highest BCUT2D eigenvalue weighted by Gasteiger charge is 2.24. The van der Waals surface area contributed by atoms with Crippen LogP contribution in [0.25, 0.3) is 0 Å². The minimum absolute atomic E-state index is 0.114. The van der Waals surface area contributed by atoms with E-state index in [0.717, 1.165) is 12.1 Å². The summed E-state index contributed by atoms with van der Waals surface area (Å²) in [7, 11) is -4.13. The number of rotatable bonds is 7. The molecule has 3 aromatic rings. The molecular weight excluding hydrogens is 428 g/mol. The molecule has 3 rings (SSSR count). The van der Waals surface area contributed by atoms with Crippen molar-refractivity contribution in [3.63, 3.8) is 0 Å². The number of benzene rings is 2. The Morgan fingerprint density at radius 1 is 1.00 bits per heavy atom. The number of carbonyl (C=O) groups is 2. The number of anilines is 2. The first-order valence-electron chi connectivity index (χ1n) is 8.99. The normalized spacial score (nSPS) is 11.1. The van der Waals surface area contributed by atoms with E-state index in [-0.39, 0.29) is 23.0 Å². The molecule has 2 N–H and O–H groups in total. The van der Waals surface area contributed by atoms with Crippen LogP contribution in [0.1, 0.15) is 22.8 Å². The monoisotopic (exact) mass is 445 g/mol. The SMILES string of the molecule is CC(=O)Nc1ccc(CC(=O)c2c(F)ccc(NS(=O)(=O)c3ccccc3)c2F)cn1. The highest BCUT2D eigenvalue weighted by atomic mass is 32.2. The Kier molecular flexibility index (Phi) is 6.40. The minimum Gasteiger partial charge on any atom is -0.311 e. The topological polar surface area (TPSA) is 105 Å². The van der Waals surface area contributed by atoms with E-state index in [0.29, 0.717) is 5.56 Å². The molecule has 0 aliphatic heterocycles. The predicted molar refractivity (Wildman–Crippen MR) is 110 cm³/mol. The van der Waals surface area contributed by atoms with Crippen LogP contribution in [0.2, 0.25) is 0 Å². The number of aromatic nitrogens is 1. The van der Waals surface area contributed by atoms with Crippen LogP contribution in [0.15, 0.2) is 65.7 Å². The molecule has 1 amide bonds. The molecule has 10 heteroatoms. The van der Waals surface area contributed by atoms with Gasteiger partial charge in [-0.3, -0.25) is 14.3 Å². The third kappa shape index (κ3) is 5.28. The van der Waals surface area contributed by atoms with Gasteiger partial charge in [0.25, 0.3) is 10.0 Å². The van der Waals surface area contributed by atoms with Crippen LogP contribution in [-0.2, 0) is 21.2 Å². The van der Waals surface area contributed by atoms with Crippen LogP contribution in [0.3, 0.4) is 0 Å². The number of hydrogen-bond donors (Lipinski definition) is 2. The van der Waals surface area contributed by atoms with Crippen molar-refractivity contribution in [3.05, 3.63) is 83.6 Å². The zero-order valence-electron chi connectivity index (χ0n) is 16.2. The van der Waals surface area contributed by atoms with Crippen molar-refractivity contribution in [2.45, 2.75) is 18.2 Å². The Balaban J connectivity index is 1.85. The molecule has 0 radical (unpaired) electrons. The summed E-state index contributed by atoms with van der Waals surface area (Å²) in [5, 5.41) is 2.46. The molecule has 2 aromatic carbocycles. The zero-order valence-corrected chi connectivity index (χ0v) is 17.0. The maximum atomic E-state index is 14.9. The summed E-state index contributed by atoms with van der Waals surface area (Å²) >= 11 is 0. The third-order valence-electron chi connectivity index (χ3n) is 4.16. The van der Waals surface area contributed by atoms with Crippen LogP contribution < -0.4 is 10.0 Å². The summed E-state index contributed by atoms with van der Waals surface area (Å²) in [5.41, 5.74) is -1.06. The van der Waals surface area contributed by atoms with E-state index in [1.165, 1.54) is 49.5 Å². The Hall–Kier alpha value is -3.66. The van der Waals surface area contributed by atoms with Crippen LogP contribution >= 0.6 is 0 Å². The molecular formula is C21H17F2N3O4S. The Labute approximate surface area is 177 Å². The summed E-state index contributed by atoms with van der Waals surface area (Å²) in [5.74, 6) is -3.39. The Bertz CT molecular complexity index is 1230. The summed E-state index contributed by atoms with van der Waals surface area (Å²) in [6.07, 6.45) is 0.914. The molecule has 31 heavy (non-hydrogen) atoms. The number of pyridine rings is 1. The van der Waals surface area contributed by atoms with Crippen molar-refractivity contribution >= 4 is 33.2 Å². The lowest BCUT2D eigenvalue weighted by molar-refractivity contribution is -0.114. The second-order valence-electron chi connectivity index (χ2n) is 6.54. The summed E-state index contributed by atoms with van der Waals surface area (Å²) < 4.78 is 56.0. The quantitative estimate of drug-likeness (QED) is 0.541. The van der Waals surface area contributed by atoms with E-state index in [9.17, 15) is 26.8 Å². The second-order valence-corrected chi connectivity index (χ2v) is 8.22. The fraction of sp³-hybridized carbons (Fsp3) is 0.0952. The van der Waals surface area contributed by atoms with E-state index in [2.05, 4.69) is 10.3 Å². The van der Waals surface area contributed by atoms with E-state index < -0.39 is 38.7 Å². The fourth-order valence-corrected chi connectivity index (χ4v) is 3.83. The average Bonchev–Trinajstić information content (AvgIpc) is 2.72. The lowest BCUT2D eigenvalue weighted by Gasteiger charge is -2.12. The van der Waals surface area contributed by atoms with Crippen molar-refractivity contribution in [1.82, 2.24) is 4.98 Å². The molecule has 0 spiro atoms. The van der Waals surface area contributed by atoms with Crippen molar-refractivity contribution in [2.75, 3.05) is 10.0 Å². The number of carbonyl (C=O) groups excluding carboxylic acids is 2. The van der Waals surface area contributed by atoms with Gasteiger partial charge in [0, 0.05) is 19.5 Å². The van der Waals surface area contributed by atoms with Crippen LogP contribution in [0, 0.1) is 11.6 Å². The molecule has 7 nitrogen and oxygen atoms in total. The number of sulfonamides is 1. The first-order chi connectivity index (χ1) is 14.7. The number of nitrogens with one attached hydrogen (secondary N) is 2. The van der Waals surface area contributed by atoms with Gasteiger partial charge in [-0.1, -0.05) is 24.3 Å². The number of halogens is 2. The van der Waals surface area contributed by atoms with Gasteiger partial charge in [0.2, 0.25) is 5.91 Å². The molecule has 0 aliphatic rings. The van der Waals surface area contributed by atoms with E-state index >= 15 is 0 Å². The molecule has 1 aromatic heterocycles. The van der Waals surface area contributed by atoms with Crippen LogP contribution in [0.4, 0.5) is 20.3 Å². The first-order valence-corrected chi connectivity index (χ1v) is 10.5. The molecule has 1 heterocycles. The Morgan fingerprint density at radius 3 is 2.32 bits per heavy atom. The largest absolute Gasteiger partial charge is 0.311 e. The maximum absolute atomic E-state index is 14.9. The second kappa shape index (κ2) is 9.00. The third-order valence-corrected chi connectivity index (χ3v) is 5.54. The van der Waals surface area contributed by atoms with Gasteiger partial charge in [-0.05, 0) is 35.9 Å². The van der Waals surface area contributed by atoms with Gasteiger partial charge in [-0.25, -0.2) is 22.2 Å². The zero-order chi connectivity index (χ0) is 22.6. The molecule has 0 atom stereocenters. The molecule has 0 unspecified atom stereocenters. The number of nitrogens with zero attached hydrogens (tertiary/aromatic N) is 1. The fourth-order valence-electron chi connectivity index (χ4n) is 2.75. The molecule has 0 saturated carbocycles. The van der Waals surface area contributed by atoms with Gasteiger partial charge in [-0.2, -0.15) is 0 Å². The highest BCUT2D eigenvalue weighted by Crippen LogP contribution is 2.25. The molecule has 160 valence electrons. The van der Waals surface area contributed by atoms with Crippen LogP contribution in [-0.4, -0.2) is 25.1 Å². The van der Waals surface area contributed by atoms with Crippen LogP contribution in [0.5, 0.6) is 0 Å². The standard InChI is InChI=1S/C21H17F2N3O4S/c1-13(27)25-19-10-7-14(12-24-19)11-18(28)20-16(22)8-9-17(21(20)23)26-31(29,30)15-5-3-2-4-6-15/h2-10,12,26H,11H2,1H3,(H,24,25,27). The Morgan fingerprint density at radius 2 is 1.71 bits per heavy atom. The summed E-state index contributed by atoms with van der Waals surface area (Å²) in [4.78, 5) is 27.4. The lowest BCUT2D eigenvalue weighted by Crippen LogP contribution is -2.17. The molecule has 0 fully saturated rings. The average molecular weight is 445 g/mol. The predicted octanol–water partition coefficient (Wildman–Crippen LogP) is 3.54. The number of Topliss-reactive ketones (excluding diaryl/α,β-unsaturated/α-hetero) is 1. The van der Waals surface area contributed by atoms with Gasteiger partial charge in [0.05, 0.1) is 16.1 Å². The highest BCUT2D eigenvalue weighted by molar-refractivity contribution is 7.92. The van der Waals surface area contributed by atoms with Crippen molar-refractivity contribution in [2.24, 2.45) is 0 Å². The van der Waals surface area contributed by atoms with Gasteiger partial charge in [0.1, 0.15) is 11.6 Å². The van der Waals surface area contributed by atoms with Crippen molar-refractivity contribution in [3.8, 4) is 0 Å². The summed E-state index contributed by atoms with van der Waals surface area (Å²) in [6.45, 7) is 1.31. The van der Waals surface area contributed by atoms with Gasteiger partial charge in [-0.15, -0.1) is 0 Å². The van der Waals surface area contributed by atoms with Crippen molar-refractivity contribution < 1.29 is 26.8 Å². The maximum Gasteiger partial charge on any atom is 0.261 e.